The molecule has 3 rings (SSSR count). The standard InChI is InChI=1S/C36H46Cl2N2O8/c1-21(2)17-29-34(44)47-27(22(3)32(42)31(38)24-11-8-7-9-12-24)13-10-14-30(41)40-26(19-23-15-16-28(46-6)25(37)18-23)33(43)39-20-36(4,5)35(45)48-29/h7-12,14-16,18,21-22,26-27,29,31-32,42H,13,17,19-20H2,1-6H3,(H,39,43)(H,40,41)/b14-10+/t22-,26+,27-,29-,31-,32+/m0/s1. The largest absolute Gasteiger partial charge is 0.495 e. The van der Waals surface area contributed by atoms with Crippen LogP contribution in [0.3, 0.4) is 0 Å². The number of carbonyl (C=O) groups is 4. The Balaban J connectivity index is 1.96. The van der Waals surface area contributed by atoms with E-state index >= 15 is 0 Å². The van der Waals surface area contributed by atoms with Gasteiger partial charge in [0.1, 0.15) is 17.9 Å². The first-order valence-electron chi connectivity index (χ1n) is 16.0. The topological polar surface area (TPSA) is 140 Å². The van der Waals surface area contributed by atoms with Crippen LogP contribution < -0.4 is 15.4 Å². The number of aliphatic hydroxyl groups excluding tert-OH is 1. The first kappa shape index (κ1) is 38.8. The Hall–Kier alpha value is -3.60. The van der Waals surface area contributed by atoms with Crippen molar-refractivity contribution in [3.05, 3.63) is 76.8 Å². The summed E-state index contributed by atoms with van der Waals surface area (Å²) in [4.78, 5) is 53.6. The third-order valence-electron chi connectivity index (χ3n) is 8.19. The molecule has 0 spiro atoms. The Bertz CT molecular complexity index is 1450. The summed E-state index contributed by atoms with van der Waals surface area (Å²) in [7, 11) is 1.49. The van der Waals surface area contributed by atoms with Gasteiger partial charge >= 0.3 is 11.9 Å². The third kappa shape index (κ3) is 11.0. The van der Waals surface area contributed by atoms with Gasteiger partial charge in [-0.05, 0) is 55.5 Å². The SMILES string of the molecule is COc1ccc(C[C@H]2NC(=O)/C=C/C[C@@H]([C@H](C)[C@@H](O)[C@@H](Cl)c3ccccc3)OC(=O)[C@H](CC(C)C)OC(=O)C(C)(C)CNC2=O)cc1Cl. The van der Waals surface area contributed by atoms with Crippen LogP contribution in [-0.2, 0) is 35.1 Å². The lowest BCUT2D eigenvalue weighted by Gasteiger charge is -2.32. The maximum Gasteiger partial charge on any atom is 0.347 e. The van der Waals surface area contributed by atoms with Crippen molar-refractivity contribution >= 4 is 47.0 Å². The van der Waals surface area contributed by atoms with Crippen LogP contribution >= 0.6 is 23.2 Å². The van der Waals surface area contributed by atoms with E-state index in [4.69, 9.17) is 37.4 Å². The molecule has 3 N–H and O–H groups in total. The number of carbonyl (C=O) groups excluding carboxylic acids is 4. The van der Waals surface area contributed by atoms with E-state index in [1.165, 1.54) is 19.3 Å². The fraction of sp³-hybridized carbons (Fsp3) is 0.500. The lowest BCUT2D eigenvalue weighted by atomic mass is 9.90. The van der Waals surface area contributed by atoms with Gasteiger partial charge in [0.25, 0.3) is 0 Å². The zero-order valence-corrected chi connectivity index (χ0v) is 29.7. The second kappa shape index (κ2) is 17.7. The molecule has 0 saturated heterocycles. The minimum absolute atomic E-state index is 0.0224. The molecule has 10 nitrogen and oxygen atoms in total. The molecule has 48 heavy (non-hydrogen) atoms. The zero-order chi connectivity index (χ0) is 35.6. The number of halogens is 2. The van der Waals surface area contributed by atoms with Crippen molar-refractivity contribution in [2.75, 3.05) is 13.7 Å². The highest BCUT2D eigenvalue weighted by molar-refractivity contribution is 6.32. The number of hydrogen-bond donors (Lipinski definition) is 3. The molecule has 2 aromatic rings. The highest BCUT2D eigenvalue weighted by Gasteiger charge is 2.38. The molecule has 2 amide bonds. The Kier molecular flexibility index (Phi) is 14.3. The number of rotatable bonds is 9. The van der Waals surface area contributed by atoms with Gasteiger partial charge in [0, 0.05) is 25.3 Å². The highest BCUT2D eigenvalue weighted by Crippen LogP contribution is 2.32. The Morgan fingerprint density at radius 2 is 1.73 bits per heavy atom. The fourth-order valence-corrected chi connectivity index (χ4v) is 5.79. The Labute approximate surface area is 292 Å². The minimum atomic E-state index is -1.25. The molecule has 0 aromatic heterocycles. The van der Waals surface area contributed by atoms with E-state index in [2.05, 4.69) is 10.6 Å². The van der Waals surface area contributed by atoms with Crippen LogP contribution in [0.1, 0.15) is 64.0 Å². The fourth-order valence-electron chi connectivity index (χ4n) is 5.14. The molecule has 0 bridgehead atoms. The molecule has 1 aliphatic rings. The first-order chi connectivity index (χ1) is 22.6. The highest BCUT2D eigenvalue weighted by atomic mass is 35.5. The summed E-state index contributed by atoms with van der Waals surface area (Å²) in [5, 5.41) is 16.3. The average Bonchev–Trinajstić information content (AvgIpc) is 3.04. The molecule has 12 heteroatoms. The summed E-state index contributed by atoms with van der Waals surface area (Å²) in [6.07, 6.45) is -0.287. The van der Waals surface area contributed by atoms with Gasteiger partial charge in [-0.2, -0.15) is 0 Å². The minimum Gasteiger partial charge on any atom is -0.495 e. The normalized spacial score (nSPS) is 23.6. The monoisotopic (exact) mass is 704 g/mol. The number of methoxy groups -OCH3 is 1. The van der Waals surface area contributed by atoms with E-state index < -0.39 is 64.8 Å². The van der Waals surface area contributed by atoms with Crippen LogP contribution in [0, 0.1) is 17.3 Å². The Morgan fingerprint density at radius 1 is 1.04 bits per heavy atom. The van der Waals surface area contributed by atoms with Crippen LogP contribution in [0.25, 0.3) is 0 Å². The van der Waals surface area contributed by atoms with Gasteiger partial charge in [-0.25, -0.2) is 4.79 Å². The molecule has 0 aliphatic carbocycles. The van der Waals surface area contributed by atoms with Crippen molar-refractivity contribution in [2.24, 2.45) is 17.3 Å². The van der Waals surface area contributed by atoms with Crippen LogP contribution in [-0.4, -0.2) is 66.9 Å². The van der Waals surface area contributed by atoms with E-state index in [9.17, 15) is 24.3 Å². The van der Waals surface area contributed by atoms with Gasteiger partial charge in [0.05, 0.1) is 29.0 Å². The second-order valence-corrected chi connectivity index (χ2v) is 14.0. The summed E-state index contributed by atoms with van der Waals surface area (Å²) in [5.41, 5.74) is 0.104. The average molecular weight is 706 g/mol. The first-order valence-corrected chi connectivity index (χ1v) is 16.8. The van der Waals surface area contributed by atoms with Crippen molar-refractivity contribution < 1.29 is 38.5 Å². The lowest BCUT2D eigenvalue weighted by Crippen LogP contribution is -2.51. The number of cyclic esters (lactones) is 2. The summed E-state index contributed by atoms with van der Waals surface area (Å²) in [6.45, 7) is 8.49. The number of nitrogens with one attached hydrogen (secondary N) is 2. The number of esters is 2. The molecule has 0 unspecified atom stereocenters. The summed E-state index contributed by atoms with van der Waals surface area (Å²) in [5.74, 6) is -2.87. The second-order valence-electron chi connectivity index (χ2n) is 13.1. The number of amides is 2. The van der Waals surface area contributed by atoms with Gasteiger partial charge in [-0.1, -0.05) is 74.8 Å². The van der Waals surface area contributed by atoms with Crippen molar-refractivity contribution in [1.82, 2.24) is 10.6 Å². The Morgan fingerprint density at radius 3 is 2.35 bits per heavy atom. The summed E-state index contributed by atoms with van der Waals surface area (Å²) in [6, 6.07) is 13.0. The molecular formula is C36H46Cl2N2O8. The zero-order valence-electron chi connectivity index (χ0n) is 28.2. The van der Waals surface area contributed by atoms with E-state index in [1.807, 2.05) is 19.9 Å². The quantitative estimate of drug-likeness (QED) is 0.235. The molecular weight excluding hydrogens is 659 g/mol. The van der Waals surface area contributed by atoms with Crippen LogP contribution in [0.5, 0.6) is 5.75 Å². The molecule has 1 aliphatic heterocycles. The smallest absolute Gasteiger partial charge is 0.347 e. The number of benzene rings is 2. The lowest BCUT2D eigenvalue weighted by molar-refractivity contribution is -0.180. The number of hydrogen-bond acceptors (Lipinski definition) is 8. The third-order valence-corrected chi connectivity index (χ3v) is 9.00. The molecule has 6 atom stereocenters. The van der Waals surface area contributed by atoms with Crippen molar-refractivity contribution in [1.29, 1.82) is 0 Å². The molecule has 2 aromatic carbocycles. The van der Waals surface area contributed by atoms with Gasteiger partial charge < -0.3 is 30.0 Å². The van der Waals surface area contributed by atoms with Crippen LogP contribution in [0.4, 0.5) is 0 Å². The van der Waals surface area contributed by atoms with E-state index in [-0.39, 0.29) is 31.7 Å². The molecule has 1 heterocycles. The van der Waals surface area contributed by atoms with Crippen molar-refractivity contribution in [2.45, 2.75) is 83.6 Å². The summed E-state index contributed by atoms with van der Waals surface area (Å²) < 4.78 is 16.9. The van der Waals surface area contributed by atoms with Gasteiger partial charge in [-0.15, -0.1) is 11.6 Å². The van der Waals surface area contributed by atoms with Crippen molar-refractivity contribution in [3.8, 4) is 5.75 Å². The van der Waals surface area contributed by atoms with Gasteiger partial charge in [-0.3, -0.25) is 14.4 Å². The maximum atomic E-state index is 13.6. The number of ether oxygens (including phenoxy) is 3. The maximum absolute atomic E-state index is 13.6. The number of aliphatic hydroxyl groups is 1. The molecule has 262 valence electrons. The summed E-state index contributed by atoms with van der Waals surface area (Å²) >= 11 is 13.0. The van der Waals surface area contributed by atoms with Crippen LogP contribution in [0.15, 0.2) is 60.7 Å². The van der Waals surface area contributed by atoms with Gasteiger partial charge in [0.2, 0.25) is 11.8 Å². The van der Waals surface area contributed by atoms with E-state index in [0.717, 1.165) is 0 Å². The molecule has 0 radical (unpaired) electrons. The number of alkyl halides is 1. The van der Waals surface area contributed by atoms with Crippen LogP contribution in [0.2, 0.25) is 5.02 Å². The molecule has 0 fully saturated rings. The van der Waals surface area contributed by atoms with Gasteiger partial charge in [0.15, 0.2) is 6.10 Å². The molecule has 0 saturated carbocycles. The predicted molar refractivity (Wildman–Crippen MR) is 184 cm³/mol. The van der Waals surface area contributed by atoms with E-state index in [0.29, 0.717) is 21.9 Å². The predicted octanol–water partition coefficient (Wildman–Crippen LogP) is 5.33. The van der Waals surface area contributed by atoms with Crippen molar-refractivity contribution in [3.63, 3.8) is 0 Å². The van der Waals surface area contributed by atoms with E-state index in [1.54, 1.807) is 63.2 Å².